The molecule has 0 spiro atoms. The van der Waals surface area contributed by atoms with Gasteiger partial charge in [0.05, 0.1) is 0 Å². The van der Waals surface area contributed by atoms with Crippen molar-refractivity contribution in [1.29, 1.82) is 0 Å². The van der Waals surface area contributed by atoms with Crippen molar-refractivity contribution < 1.29 is 0 Å². The highest BCUT2D eigenvalue weighted by molar-refractivity contribution is 5.48. The molecule has 0 N–H and O–H groups in total. The Morgan fingerprint density at radius 3 is 2.17 bits per heavy atom. The minimum absolute atomic E-state index is 0.532. The van der Waals surface area contributed by atoms with Crippen molar-refractivity contribution in [2.24, 2.45) is 5.92 Å². The molecule has 0 amide bonds. The highest BCUT2D eigenvalue weighted by Gasteiger charge is 2.35. The van der Waals surface area contributed by atoms with Gasteiger partial charge in [-0.2, -0.15) is 0 Å². The zero-order valence-electron chi connectivity index (χ0n) is 13.0. The molecule has 1 nitrogen and oxygen atoms in total. The molecule has 0 saturated carbocycles. The average Bonchev–Trinajstić information content (AvgIpc) is 2.61. The zero-order valence-corrected chi connectivity index (χ0v) is 13.0. The number of fused-ring (bicyclic) bond motifs is 1. The monoisotopic (exact) mass is 245 g/mol. The van der Waals surface area contributed by atoms with E-state index in [9.17, 15) is 0 Å². The summed E-state index contributed by atoms with van der Waals surface area (Å²) in [5, 5.41) is 0. The van der Waals surface area contributed by atoms with Crippen LogP contribution in [0.4, 0.5) is 0 Å². The van der Waals surface area contributed by atoms with Crippen LogP contribution in [-0.4, -0.2) is 4.98 Å². The van der Waals surface area contributed by atoms with Gasteiger partial charge >= 0.3 is 0 Å². The number of hydrogen-bond donors (Lipinski definition) is 0. The van der Waals surface area contributed by atoms with E-state index in [0.717, 1.165) is 5.92 Å². The number of aromatic nitrogens is 1. The first-order chi connectivity index (χ1) is 8.34. The van der Waals surface area contributed by atoms with E-state index in [4.69, 9.17) is 4.98 Å². The first kappa shape index (κ1) is 13.6. The normalized spacial score (nSPS) is 22.9. The van der Waals surface area contributed by atoms with Crippen molar-refractivity contribution in [2.45, 2.75) is 72.6 Å². The highest BCUT2D eigenvalue weighted by atomic mass is 14.7. The summed E-state index contributed by atoms with van der Waals surface area (Å²) in [5.41, 5.74) is 7.23. The van der Waals surface area contributed by atoms with Crippen molar-refractivity contribution in [3.05, 3.63) is 28.1 Å². The number of nitrogens with zero attached hydrogens (tertiary/aromatic N) is 1. The molecule has 0 fully saturated rings. The van der Waals surface area contributed by atoms with E-state index in [-0.39, 0.29) is 0 Å². The van der Waals surface area contributed by atoms with Gasteiger partial charge in [0, 0.05) is 11.4 Å². The molecule has 1 unspecified atom stereocenters. The molecule has 0 aliphatic heterocycles. The molecule has 0 aromatic carbocycles. The fourth-order valence-corrected chi connectivity index (χ4v) is 3.55. The lowest BCUT2D eigenvalue weighted by atomic mass is 9.85. The molecule has 1 heteroatoms. The van der Waals surface area contributed by atoms with Crippen LogP contribution in [-0.2, 0) is 0 Å². The quantitative estimate of drug-likeness (QED) is 0.709. The first-order valence-corrected chi connectivity index (χ1v) is 7.35. The second-order valence-corrected chi connectivity index (χ2v) is 6.68. The lowest BCUT2D eigenvalue weighted by Gasteiger charge is -2.22. The molecule has 2 atom stereocenters. The van der Waals surface area contributed by atoms with Crippen LogP contribution in [0.2, 0.25) is 0 Å². The largest absolute Gasteiger partial charge is 0.257 e. The molecule has 2 rings (SSSR count). The lowest BCUT2D eigenvalue weighted by Crippen LogP contribution is -2.10. The summed E-state index contributed by atoms with van der Waals surface area (Å²) in [6, 6.07) is 0. The summed E-state index contributed by atoms with van der Waals surface area (Å²) in [6.07, 6.45) is 1.30. The van der Waals surface area contributed by atoms with E-state index in [2.05, 4.69) is 48.5 Å². The summed E-state index contributed by atoms with van der Waals surface area (Å²) in [5.74, 6) is 2.66. The van der Waals surface area contributed by atoms with Gasteiger partial charge in [-0.3, -0.25) is 4.98 Å². The van der Waals surface area contributed by atoms with Gasteiger partial charge in [0.15, 0.2) is 0 Å². The average molecular weight is 245 g/mol. The van der Waals surface area contributed by atoms with Crippen molar-refractivity contribution in [1.82, 2.24) is 4.98 Å². The SMILES string of the molecule is Cc1nc(C(C)C)c2c(c1C)[C@H](C)CC2C(C)C. The summed E-state index contributed by atoms with van der Waals surface area (Å²) in [4.78, 5) is 4.91. The summed E-state index contributed by atoms with van der Waals surface area (Å²) < 4.78 is 0. The number of aryl methyl sites for hydroxylation is 1. The van der Waals surface area contributed by atoms with Gasteiger partial charge in [-0.25, -0.2) is 0 Å². The molecule has 0 radical (unpaired) electrons. The van der Waals surface area contributed by atoms with Crippen LogP contribution in [0.15, 0.2) is 0 Å². The second kappa shape index (κ2) is 4.68. The van der Waals surface area contributed by atoms with Crippen LogP contribution < -0.4 is 0 Å². The Hall–Kier alpha value is -0.850. The van der Waals surface area contributed by atoms with Gasteiger partial charge in [0.2, 0.25) is 0 Å². The molecule has 1 aromatic heterocycles. The number of pyridine rings is 1. The van der Waals surface area contributed by atoms with E-state index in [0.29, 0.717) is 17.8 Å². The maximum atomic E-state index is 4.91. The predicted octanol–water partition coefficient (Wildman–Crippen LogP) is 5.07. The van der Waals surface area contributed by atoms with Gasteiger partial charge in [-0.05, 0) is 60.6 Å². The Morgan fingerprint density at radius 1 is 1.06 bits per heavy atom. The Balaban J connectivity index is 2.70. The second-order valence-electron chi connectivity index (χ2n) is 6.68. The topological polar surface area (TPSA) is 12.9 Å². The molecule has 1 aromatic rings. The Bertz CT molecular complexity index is 457. The predicted molar refractivity (Wildman–Crippen MR) is 78.4 cm³/mol. The van der Waals surface area contributed by atoms with Gasteiger partial charge in [0.25, 0.3) is 0 Å². The van der Waals surface area contributed by atoms with E-state index >= 15 is 0 Å². The summed E-state index contributed by atoms with van der Waals surface area (Å²) >= 11 is 0. The summed E-state index contributed by atoms with van der Waals surface area (Å²) in [6.45, 7) is 16.1. The standard InChI is InChI=1S/C17H27N/c1-9(2)14-8-11(5)15-12(6)13(7)18-17(10(3)4)16(14)15/h9-11,14H,8H2,1-7H3/t11-,14?/m1/s1. The van der Waals surface area contributed by atoms with Gasteiger partial charge in [-0.15, -0.1) is 0 Å². The number of rotatable bonds is 2. The fraction of sp³-hybridized carbons (Fsp3) is 0.706. The van der Waals surface area contributed by atoms with Crippen LogP contribution in [0, 0.1) is 19.8 Å². The van der Waals surface area contributed by atoms with Crippen LogP contribution in [0.3, 0.4) is 0 Å². The molecular weight excluding hydrogens is 218 g/mol. The molecule has 1 aliphatic carbocycles. The molecule has 18 heavy (non-hydrogen) atoms. The molecular formula is C17H27N. The third-order valence-electron chi connectivity index (χ3n) is 4.62. The maximum absolute atomic E-state index is 4.91. The minimum Gasteiger partial charge on any atom is -0.257 e. The fourth-order valence-electron chi connectivity index (χ4n) is 3.55. The summed E-state index contributed by atoms with van der Waals surface area (Å²) in [7, 11) is 0. The molecule has 0 saturated heterocycles. The third-order valence-corrected chi connectivity index (χ3v) is 4.62. The maximum Gasteiger partial charge on any atom is 0.0470 e. The van der Waals surface area contributed by atoms with Gasteiger partial charge in [-0.1, -0.05) is 34.6 Å². The van der Waals surface area contributed by atoms with E-state index in [1.807, 2.05) is 0 Å². The zero-order chi connectivity index (χ0) is 13.6. The van der Waals surface area contributed by atoms with E-state index in [1.165, 1.54) is 23.4 Å². The van der Waals surface area contributed by atoms with Crippen LogP contribution in [0.25, 0.3) is 0 Å². The molecule has 100 valence electrons. The Morgan fingerprint density at radius 2 is 1.67 bits per heavy atom. The van der Waals surface area contributed by atoms with Crippen LogP contribution in [0.5, 0.6) is 0 Å². The van der Waals surface area contributed by atoms with Crippen molar-refractivity contribution >= 4 is 0 Å². The van der Waals surface area contributed by atoms with E-state index < -0.39 is 0 Å². The van der Waals surface area contributed by atoms with Gasteiger partial charge < -0.3 is 0 Å². The van der Waals surface area contributed by atoms with Crippen molar-refractivity contribution in [3.8, 4) is 0 Å². The minimum atomic E-state index is 0.532. The molecule has 0 bridgehead atoms. The van der Waals surface area contributed by atoms with Crippen LogP contribution >= 0.6 is 0 Å². The smallest absolute Gasteiger partial charge is 0.0470 e. The van der Waals surface area contributed by atoms with Crippen molar-refractivity contribution in [3.63, 3.8) is 0 Å². The third kappa shape index (κ3) is 1.98. The molecule has 1 heterocycles. The number of hydrogen-bond acceptors (Lipinski definition) is 1. The van der Waals surface area contributed by atoms with Crippen LogP contribution in [0.1, 0.15) is 86.9 Å². The van der Waals surface area contributed by atoms with E-state index in [1.54, 1.807) is 11.1 Å². The molecule has 1 aliphatic rings. The Kier molecular flexibility index (Phi) is 3.53. The van der Waals surface area contributed by atoms with Crippen molar-refractivity contribution in [2.75, 3.05) is 0 Å². The first-order valence-electron chi connectivity index (χ1n) is 7.35. The van der Waals surface area contributed by atoms with Gasteiger partial charge in [0.1, 0.15) is 0 Å². The lowest BCUT2D eigenvalue weighted by molar-refractivity contribution is 0.470. The highest BCUT2D eigenvalue weighted by Crippen LogP contribution is 2.49. The Labute approximate surface area is 112 Å².